The molecule has 1 fully saturated rings. The number of ether oxygens (including phenoxy) is 1. The first kappa shape index (κ1) is 7.54. The lowest BCUT2D eigenvalue weighted by Gasteiger charge is -2.15. The summed E-state index contributed by atoms with van der Waals surface area (Å²) < 4.78 is 5.00. The molecule has 0 aromatic heterocycles. The molecule has 0 spiro atoms. The number of cyclic esters (lactones) is 1. The highest BCUT2D eigenvalue weighted by atomic mass is 16.6. The lowest BCUT2D eigenvalue weighted by molar-refractivity contribution is -0.148. The largest absolute Gasteiger partial charge is 0.458 e. The summed E-state index contributed by atoms with van der Waals surface area (Å²) >= 11 is 0. The van der Waals surface area contributed by atoms with E-state index in [0.29, 0.717) is 6.42 Å². The first-order valence-corrected chi connectivity index (χ1v) is 3.36. The SMILES string of the molecule is CC1(C)C[C@@](C)(N)C(=O)O1. The number of rotatable bonds is 0. The van der Waals surface area contributed by atoms with E-state index in [4.69, 9.17) is 10.5 Å². The van der Waals surface area contributed by atoms with Crippen molar-refractivity contribution < 1.29 is 9.53 Å². The zero-order valence-corrected chi connectivity index (χ0v) is 6.60. The summed E-state index contributed by atoms with van der Waals surface area (Å²) in [5.41, 5.74) is 4.47. The smallest absolute Gasteiger partial charge is 0.326 e. The van der Waals surface area contributed by atoms with E-state index >= 15 is 0 Å². The van der Waals surface area contributed by atoms with Gasteiger partial charge in [0, 0.05) is 6.42 Å². The third kappa shape index (κ3) is 1.14. The highest BCUT2D eigenvalue weighted by Crippen LogP contribution is 2.31. The average molecular weight is 143 g/mol. The minimum absolute atomic E-state index is 0.294. The minimum atomic E-state index is -0.774. The summed E-state index contributed by atoms with van der Waals surface area (Å²) in [6, 6.07) is 0. The van der Waals surface area contributed by atoms with Crippen LogP contribution in [0.2, 0.25) is 0 Å². The molecule has 10 heavy (non-hydrogen) atoms. The van der Waals surface area contributed by atoms with Crippen LogP contribution in [0.15, 0.2) is 0 Å². The van der Waals surface area contributed by atoms with Crippen molar-refractivity contribution in [3.8, 4) is 0 Å². The summed E-state index contributed by atoms with van der Waals surface area (Å²) in [4.78, 5) is 11.0. The van der Waals surface area contributed by atoms with Crippen LogP contribution in [0.5, 0.6) is 0 Å². The first-order valence-electron chi connectivity index (χ1n) is 3.36. The minimum Gasteiger partial charge on any atom is -0.458 e. The van der Waals surface area contributed by atoms with Crippen LogP contribution in [0.3, 0.4) is 0 Å². The third-order valence-corrected chi connectivity index (χ3v) is 1.63. The van der Waals surface area contributed by atoms with Gasteiger partial charge < -0.3 is 10.5 Å². The van der Waals surface area contributed by atoms with Crippen molar-refractivity contribution in [1.82, 2.24) is 0 Å². The molecule has 0 aromatic rings. The molecule has 0 aromatic carbocycles. The first-order chi connectivity index (χ1) is 4.33. The van der Waals surface area contributed by atoms with Gasteiger partial charge in [0.25, 0.3) is 0 Å². The second-order valence-electron chi connectivity index (χ2n) is 3.74. The molecule has 3 heteroatoms. The quantitative estimate of drug-likeness (QED) is 0.500. The Labute approximate surface area is 60.5 Å². The molecular formula is C7H13NO2. The lowest BCUT2D eigenvalue weighted by atomic mass is 9.93. The number of carbonyl (C=O) groups excluding carboxylic acids is 1. The molecular weight excluding hydrogens is 130 g/mol. The van der Waals surface area contributed by atoms with Crippen LogP contribution in [-0.2, 0) is 9.53 Å². The van der Waals surface area contributed by atoms with E-state index in [1.807, 2.05) is 13.8 Å². The topological polar surface area (TPSA) is 52.3 Å². The number of hydrogen-bond donors (Lipinski definition) is 1. The molecule has 1 heterocycles. The lowest BCUT2D eigenvalue weighted by Crippen LogP contribution is -2.41. The third-order valence-electron chi connectivity index (χ3n) is 1.63. The number of carbonyl (C=O) groups is 1. The predicted molar refractivity (Wildman–Crippen MR) is 37.4 cm³/mol. The van der Waals surface area contributed by atoms with Crippen molar-refractivity contribution in [3.63, 3.8) is 0 Å². The Morgan fingerprint density at radius 1 is 1.50 bits per heavy atom. The van der Waals surface area contributed by atoms with E-state index in [1.165, 1.54) is 0 Å². The van der Waals surface area contributed by atoms with E-state index in [9.17, 15) is 4.79 Å². The fraction of sp³-hybridized carbons (Fsp3) is 0.857. The maximum Gasteiger partial charge on any atom is 0.326 e. The van der Waals surface area contributed by atoms with E-state index < -0.39 is 5.54 Å². The fourth-order valence-corrected chi connectivity index (χ4v) is 1.36. The van der Waals surface area contributed by atoms with Gasteiger partial charge >= 0.3 is 5.97 Å². The van der Waals surface area contributed by atoms with Gasteiger partial charge in [0.2, 0.25) is 0 Å². The zero-order valence-electron chi connectivity index (χ0n) is 6.60. The molecule has 1 atom stereocenters. The van der Waals surface area contributed by atoms with Crippen LogP contribution in [0.25, 0.3) is 0 Å². The standard InChI is InChI=1S/C7H13NO2/c1-6(2)4-7(3,8)5(9)10-6/h4,8H2,1-3H3/t7-/m1/s1. The van der Waals surface area contributed by atoms with E-state index in [2.05, 4.69) is 0 Å². The van der Waals surface area contributed by atoms with E-state index in [1.54, 1.807) is 6.92 Å². The second kappa shape index (κ2) is 1.72. The molecule has 3 nitrogen and oxygen atoms in total. The molecule has 0 radical (unpaired) electrons. The molecule has 0 unspecified atom stereocenters. The highest BCUT2D eigenvalue weighted by molar-refractivity contribution is 5.82. The Bertz CT molecular complexity index is 172. The van der Waals surface area contributed by atoms with Gasteiger partial charge in [-0.25, -0.2) is 0 Å². The van der Waals surface area contributed by atoms with Crippen molar-refractivity contribution in [2.24, 2.45) is 5.73 Å². The van der Waals surface area contributed by atoms with Crippen LogP contribution in [-0.4, -0.2) is 17.1 Å². The molecule has 0 bridgehead atoms. The van der Waals surface area contributed by atoms with Crippen molar-refractivity contribution in [2.45, 2.75) is 38.3 Å². The van der Waals surface area contributed by atoms with Gasteiger partial charge in [0.15, 0.2) is 0 Å². The molecule has 1 aliphatic heterocycles. The van der Waals surface area contributed by atoms with Crippen molar-refractivity contribution in [2.75, 3.05) is 0 Å². The monoisotopic (exact) mass is 143 g/mol. The maximum atomic E-state index is 11.0. The second-order valence-corrected chi connectivity index (χ2v) is 3.74. The van der Waals surface area contributed by atoms with E-state index in [0.717, 1.165) is 0 Å². The van der Waals surface area contributed by atoms with Gasteiger partial charge in [0.05, 0.1) is 0 Å². The van der Waals surface area contributed by atoms with Crippen LogP contribution in [0.4, 0.5) is 0 Å². The molecule has 1 rings (SSSR count). The molecule has 1 aliphatic rings. The molecule has 2 N–H and O–H groups in total. The number of esters is 1. The van der Waals surface area contributed by atoms with Crippen molar-refractivity contribution >= 4 is 5.97 Å². The van der Waals surface area contributed by atoms with Crippen LogP contribution >= 0.6 is 0 Å². The Balaban J connectivity index is 2.81. The highest BCUT2D eigenvalue weighted by Gasteiger charge is 2.46. The summed E-state index contributed by atoms with van der Waals surface area (Å²) in [5.74, 6) is -0.294. The average Bonchev–Trinajstić information content (AvgIpc) is 1.73. The van der Waals surface area contributed by atoms with Crippen molar-refractivity contribution in [3.05, 3.63) is 0 Å². The van der Waals surface area contributed by atoms with Crippen LogP contribution in [0.1, 0.15) is 27.2 Å². The summed E-state index contributed by atoms with van der Waals surface area (Å²) in [6.07, 6.45) is 0.596. The van der Waals surface area contributed by atoms with Crippen molar-refractivity contribution in [1.29, 1.82) is 0 Å². The van der Waals surface area contributed by atoms with Crippen LogP contribution in [0, 0.1) is 0 Å². The number of nitrogens with two attached hydrogens (primary N) is 1. The van der Waals surface area contributed by atoms with Crippen LogP contribution < -0.4 is 5.73 Å². The van der Waals surface area contributed by atoms with Gasteiger partial charge in [-0.05, 0) is 20.8 Å². The molecule has 0 amide bonds. The van der Waals surface area contributed by atoms with E-state index in [-0.39, 0.29) is 11.6 Å². The maximum absolute atomic E-state index is 11.0. The number of hydrogen-bond acceptors (Lipinski definition) is 3. The van der Waals surface area contributed by atoms with Gasteiger partial charge in [0.1, 0.15) is 11.1 Å². The Morgan fingerprint density at radius 3 is 2.10 bits per heavy atom. The van der Waals surface area contributed by atoms with Gasteiger partial charge in [-0.15, -0.1) is 0 Å². The van der Waals surface area contributed by atoms with Gasteiger partial charge in [-0.2, -0.15) is 0 Å². The van der Waals surface area contributed by atoms with Gasteiger partial charge in [-0.1, -0.05) is 0 Å². The van der Waals surface area contributed by atoms with Gasteiger partial charge in [-0.3, -0.25) is 4.79 Å². The Hall–Kier alpha value is -0.570. The normalized spacial score (nSPS) is 37.8. The summed E-state index contributed by atoms with van der Waals surface area (Å²) in [7, 11) is 0. The summed E-state index contributed by atoms with van der Waals surface area (Å²) in [6.45, 7) is 5.43. The zero-order chi connectivity index (χ0) is 7.99. The molecule has 58 valence electrons. The Morgan fingerprint density at radius 2 is 2.00 bits per heavy atom. The molecule has 0 saturated carbocycles. The molecule has 0 aliphatic carbocycles. The molecule has 1 saturated heterocycles. The fourth-order valence-electron chi connectivity index (χ4n) is 1.36. The Kier molecular flexibility index (Phi) is 1.30. The predicted octanol–water partition coefficient (Wildman–Crippen LogP) is 0.429. The summed E-state index contributed by atoms with van der Waals surface area (Å²) in [5, 5.41) is 0.